The van der Waals surface area contributed by atoms with Crippen LogP contribution in [0.15, 0.2) is 18.2 Å². The smallest absolute Gasteiger partial charge is 0.308 e. The van der Waals surface area contributed by atoms with E-state index in [1.165, 1.54) is 4.90 Å². The number of benzene rings is 1. The maximum Gasteiger partial charge on any atom is 0.308 e. The Morgan fingerprint density at radius 1 is 1.26 bits per heavy atom. The molecule has 0 bridgehead atoms. The van der Waals surface area contributed by atoms with Crippen LogP contribution in [0.4, 0.5) is 11.4 Å². The van der Waals surface area contributed by atoms with E-state index in [4.69, 9.17) is 16.3 Å². The van der Waals surface area contributed by atoms with Crippen molar-refractivity contribution in [1.29, 1.82) is 0 Å². The molecule has 1 aromatic rings. The van der Waals surface area contributed by atoms with Crippen LogP contribution in [0.2, 0.25) is 5.02 Å². The molecule has 1 atom stereocenters. The number of halogens is 1. The molecule has 10 heteroatoms. The van der Waals surface area contributed by atoms with Gasteiger partial charge < -0.3 is 25.6 Å². The number of esters is 1. The highest BCUT2D eigenvalue weighted by atomic mass is 35.5. The highest BCUT2D eigenvalue weighted by molar-refractivity contribution is 6.33. The molecule has 1 aromatic carbocycles. The van der Waals surface area contributed by atoms with Crippen molar-refractivity contribution in [3.8, 4) is 0 Å². The van der Waals surface area contributed by atoms with Crippen molar-refractivity contribution < 1.29 is 23.9 Å². The van der Waals surface area contributed by atoms with E-state index in [1.807, 2.05) is 13.8 Å². The Kier molecular flexibility index (Phi) is 9.58. The van der Waals surface area contributed by atoms with E-state index in [1.54, 1.807) is 18.2 Å². The Morgan fingerprint density at radius 3 is 2.74 bits per heavy atom. The van der Waals surface area contributed by atoms with Gasteiger partial charge in [0.2, 0.25) is 17.7 Å². The fraction of sp³-hybridized carbons (Fsp3) is 0.524. The van der Waals surface area contributed by atoms with E-state index in [0.29, 0.717) is 42.3 Å². The summed E-state index contributed by atoms with van der Waals surface area (Å²) in [4.78, 5) is 50.2. The average Bonchev–Trinajstić information content (AvgIpc) is 2.74. The molecule has 1 unspecified atom stereocenters. The van der Waals surface area contributed by atoms with Crippen LogP contribution in [0, 0.1) is 0 Å². The normalized spacial score (nSPS) is 15.8. The second kappa shape index (κ2) is 12.1. The van der Waals surface area contributed by atoms with Crippen molar-refractivity contribution in [2.24, 2.45) is 0 Å². The summed E-state index contributed by atoms with van der Waals surface area (Å²) >= 11 is 6.21. The van der Waals surface area contributed by atoms with Crippen molar-refractivity contribution in [1.82, 2.24) is 10.2 Å². The zero-order valence-electron chi connectivity index (χ0n) is 17.8. The van der Waals surface area contributed by atoms with Crippen molar-refractivity contribution in [3.63, 3.8) is 0 Å². The number of piperazine rings is 1. The molecular formula is C21H29ClN4O5. The minimum Gasteiger partial charge on any atom is -0.466 e. The molecule has 1 aliphatic heterocycles. The molecule has 0 radical (unpaired) electrons. The molecule has 1 heterocycles. The summed E-state index contributed by atoms with van der Waals surface area (Å²) < 4.78 is 5.05. The third kappa shape index (κ3) is 7.43. The van der Waals surface area contributed by atoms with Crippen LogP contribution in [0.3, 0.4) is 0 Å². The van der Waals surface area contributed by atoms with Crippen molar-refractivity contribution in [2.45, 2.75) is 45.6 Å². The van der Waals surface area contributed by atoms with Crippen LogP contribution in [0.1, 0.15) is 39.5 Å². The van der Waals surface area contributed by atoms with Crippen LogP contribution in [-0.2, 0) is 23.9 Å². The van der Waals surface area contributed by atoms with Crippen LogP contribution in [0.25, 0.3) is 0 Å². The summed E-state index contributed by atoms with van der Waals surface area (Å²) in [5.41, 5.74) is 1.04. The summed E-state index contributed by atoms with van der Waals surface area (Å²) in [7, 11) is 0. The summed E-state index contributed by atoms with van der Waals surface area (Å²) in [6.45, 7) is 4.53. The van der Waals surface area contributed by atoms with Gasteiger partial charge in [-0.15, -0.1) is 0 Å². The Bertz CT molecular complexity index is 817. The number of hydrogen-bond donors (Lipinski definition) is 3. The van der Waals surface area contributed by atoms with Gasteiger partial charge in [0.15, 0.2) is 0 Å². The maximum absolute atomic E-state index is 12.8. The Hall–Kier alpha value is -2.81. The summed E-state index contributed by atoms with van der Waals surface area (Å²) in [5, 5.41) is 8.79. The zero-order valence-corrected chi connectivity index (χ0v) is 18.6. The van der Waals surface area contributed by atoms with E-state index in [-0.39, 0.29) is 37.3 Å². The predicted molar refractivity (Wildman–Crippen MR) is 118 cm³/mol. The van der Waals surface area contributed by atoms with Gasteiger partial charge in [-0.3, -0.25) is 19.2 Å². The van der Waals surface area contributed by atoms with Gasteiger partial charge in [0, 0.05) is 25.2 Å². The summed E-state index contributed by atoms with van der Waals surface area (Å²) in [5.74, 6) is -1.36. The van der Waals surface area contributed by atoms with Gasteiger partial charge in [0.1, 0.15) is 6.04 Å². The van der Waals surface area contributed by atoms with Gasteiger partial charge >= 0.3 is 5.97 Å². The number of ether oxygens (including phenoxy) is 1. The first kappa shape index (κ1) is 24.5. The molecule has 1 saturated heterocycles. The van der Waals surface area contributed by atoms with Crippen LogP contribution >= 0.6 is 11.6 Å². The van der Waals surface area contributed by atoms with Gasteiger partial charge in [-0.2, -0.15) is 0 Å². The van der Waals surface area contributed by atoms with Crippen molar-refractivity contribution in [3.05, 3.63) is 23.2 Å². The topological polar surface area (TPSA) is 117 Å². The van der Waals surface area contributed by atoms with Crippen LogP contribution in [0.5, 0.6) is 0 Å². The molecule has 1 aliphatic rings. The van der Waals surface area contributed by atoms with Gasteiger partial charge in [-0.25, -0.2) is 0 Å². The predicted octanol–water partition coefficient (Wildman–Crippen LogP) is 2.16. The number of amides is 3. The third-order valence-corrected chi connectivity index (χ3v) is 4.97. The lowest BCUT2D eigenvalue weighted by atomic mass is 10.1. The van der Waals surface area contributed by atoms with Crippen LogP contribution in [-0.4, -0.2) is 60.9 Å². The molecule has 2 rings (SSSR count). The fourth-order valence-electron chi connectivity index (χ4n) is 3.11. The lowest BCUT2D eigenvalue weighted by Gasteiger charge is -2.34. The highest BCUT2D eigenvalue weighted by Gasteiger charge is 2.35. The quantitative estimate of drug-likeness (QED) is 0.468. The zero-order chi connectivity index (χ0) is 22.8. The number of carbonyl (C=O) groups is 4. The number of carbonyl (C=O) groups excluding carboxylic acids is 4. The number of anilines is 2. The second-order valence-corrected chi connectivity index (χ2v) is 7.57. The summed E-state index contributed by atoms with van der Waals surface area (Å²) in [6.07, 6.45) is 1.61. The Balaban J connectivity index is 2.01. The number of rotatable bonds is 10. The standard InChI is InChI=1S/C21H29ClN4O5/c1-3-5-18(27)25-14-6-7-15(22)16(11-14)24-13-19(28)26-9-8-23-21(30)17(26)12-20(29)31-10-4-2/h6-7,11,17,24H,3-5,8-10,12-13H2,1-2H3,(H,23,30)(H,25,27). The van der Waals surface area contributed by atoms with E-state index < -0.39 is 12.0 Å². The SMILES string of the molecule is CCCOC(=O)CC1C(=O)NCCN1C(=O)CNc1cc(NC(=O)CCC)ccc1Cl. The monoisotopic (exact) mass is 452 g/mol. The highest BCUT2D eigenvalue weighted by Crippen LogP contribution is 2.26. The molecule has 3 amide bonds. The van der Waals surface area contributed by atoms with E-state index >= 15 is 0 Å². The molecule has 1 fully saturated rings. The first-order valence-electron chi connectivity index (χ1n) is 10.4. The van der Waals surface area contributed by atoms with Gasteiger partial charge in [0.25, 0.3) is 0 Å². The molecule has 0 aliphatic carbocycles. The maximum atomic E-state index is 12.8. The van der Waals surface area contributed by atoms with Crippen LogP contribution < -0.4 is 16.0 Å². The molecule has 0 aromatic heterocycles. The molecule has 9 nitrogen and oxygen atoms in total. The number of hydrogen-bond acceptors (Lipinski definition) is 6. The first-order chi connectivity index (χ1) is 14.8. The average molecular weight is 453 g/mol. The number of nitrogens with zero attached hydrogens (tertiary/aromatic N) is 1. The largest absolute Gasteiger partial charge is 0.466 e. The van der Waals surface area contributed by atoms with E-state index in [9.17, 15) is 19.2 Å². The van der Waals surface area contributed by atoms with Gasteiger partial charge in [0.05, 0.1) is 30.3 Å². The van der Waals surface area contributed by atoms with E-state index in [2.05, 4.69) is 16.0 Å². The molecule has 31 heavy (non-hydrogen) atoms. The second-order valence-electron chi connectivity index (χ2n) is 7.16. The van der Waals surface area contributed by atoms with Crippen molar-refractivity contribution in [2.75, 3.05) is 36.9 Å². The van der Waals surface area contributed by atoms with E-state index in [0.717, 1.165) is 6.42 Å². The third-order valence-electron chi connectivity index (χ3n) is 4.64. The van der Waals surface area contributed by atoms with Gasteiger partial charge in [-0.1, -0.05) is 25.4 Å². The molecule has 0 spiro atoms. The minimum absolute atomic E-state index is 0.107. The number of nitrogens with one attached hydrogen (secondary N) is 3. The Labute approximate surface area is 186 Å². The van der Waals surface area contributed by atoms with Crippen molar-refractivity contribution >= 4 is 46.7 Å². The fourth-order valence-corrected chi connectivity index (χ4v) is 3.29. The Morgan fingerprint density at radius 2 is 2.03 bits per heavy atom. The molecular weight excluding hydrogens is 424 g/mol. The molecule has 170 valence electrons. The molecule has 3 N–H and O–H groups in total. The van der Waals surface area contributed by atoms with Gasteiger partial charge in [-0.05, 0) is 31.0 Å². The summed E-state index contributed by atoms with van der Waals surface area (Å²) in [6, 6.07) is 4.03. The minimum atomic E-state index is -0.914. The lowest BCUT2D eigenvalue weighted by Crippen LogP contribution is -2.58. The lowest BCUT2D eigenvalue weighted by molar-refractivity contribution is -0.151. The molecule has 0 saturated carbocycles. The first-order valence-corrected chi connectivity index (χ1v) is 10.8.